The molecule has 0 radical (unpaired) electrons. The Morgan fingerprint density at radius 3 is 1.87 bits per heavy atom. The van der Waals surface area contributed by atoms with Crippen LogP contribution in [0.2, 0.25) is 0 Å². The molecular weight excluding hydrogens is 558 g/mol. The summed E-state index contributed by atoms with van der Waals surface area (Å²) < 4.78 is 2.38. The zero-order valence-corrected chi connectivity index (χ0v) is 23.6. The summed E-state index contributed by atoms with van der Waals surface area (Å²) in [6.45, 7) is 0. The molecule has 0 saturated heterocycles. The van der Waals surface area contributed by atoms with E-state index in [1.165, 1.54) is 48.4 Å². The third-order valence-electron chi connectivity index (χ3n) is 7.82. The second kappa shape index (κ2) is 8.76. The first-order chi connectivity index (χ1) is 19.2. The summed E-state index contributed by atoms with van der Waals surface area (Å²) in [7, 11) is 0. The molecule has 0 aliphatic carbocycles. The number of aromatic nitrogens is 2. The summed E-state index contributed by atoms with van der Waals surface area (Å²) in [4.78, 5) is 5.13. The summed E-state index contributed by atoms with van der Waals surface area (Å²) in [5.74, 6) is 0. The van der Waals surface area contributed by atoms with E-state index in [4.69, 9.17) is 4.98 Å². The van der Waals surface area contributed by atoms with Gasteiger partial charge in [-0.25, -0.2) is 0 Å². The van der Waals surface area contributed by atoms with Crippen molar-refractivity contribution in [2.75, 3.05) is 0 Å². The number of pyridine rings is 1. The average molecular weight is 582 g/mol. The van der Waals surface area contributed by atoms with Crippen molar-refractivity contribution in [3.05, 3.63) is 140 Å². The minimum atomic E-state index is -2.00. The van der Waals surface area contributed by atoms with Crippen LogP contribution in [-0.4, -0.2) is 24.5 Å². The van der Waals surface area contributed by atoms with E-state index in [9.17, 15) is 0 Å². The Balaban J connectivity index is 1.56. The molecule has 0 unspecified atom stereocenters. The van der Waals surface area contributed by atoms with Crippen molar-refractivity contribution < 1.29 is 0 Å². The summed E-state index contributed by atoms with van der Waals surface area (Å²) >= 11 is 3.74. The fourth-order valence-corrected chi connectivity index (χ4v) is 10.9. The van der Waals surface area contributed by atoms with Crippen LogP contribution in [0.3, 0.4) is 0 Å². The fourth-order valence-electron chi connectivity index (χ4n) is 6.01. The Morgan fingerprint density at radius 2 is 1.13 bits per heavy atom. The predicted octanol–water partition coefficient (Wildman–Crippen LogP) is 7.32. The van der Waals surface area contributed by atoms with E-state index in [0.29, 0.717) is 0 Å². The molecule has 2 aromatic heterocycles. The van der Waals surface area contributed by atoms with Crippen LogP contribution >= 0.6 is 5.51 Å². The normalized spacial score (nSPS) is 12.2. The molecule has 184 valence electrons. The average Bonchev–Trinajstić information content (AvgIpc) is 3.41. The van der Waals surface area contributed by atoms with Crippen molar-refractivity contribution in [1.82, 2.24) is 9.38 Å². The second-order valence-corrected chi connectivity index (χ2v) is 16.2. The van der Waals surface area contributed by atoms with Gasteiger partial charge >= 0.3 is 235 Å². The van der Waals surface area contributed by atoms with Gasteiger partial charge in [-0.05, 0) is 0 Å². The van der Waals surface area contributed by atoms with E-state index in [-0.39, 0.29) is 0 Å². The molecule has 2 heterocycles. The molecular formula is C35H23N2PSe. The van der Waals surface area contributed by atoms with Gasteiger partial charge in [0.1, 0.15) is 0 Å². The maximum absolute atomic E-state index is 5.13. The SMILES string of the molecule is [Se]=P(c1ccccc1)(c1ccccc1)c1ccc2ccc3c4ccccc4c4nc5ccccc5n4c3c2c1. The fraction of sp³-hybridized carbons (Fsp3) is 0. The van der Waals surface area contributed by atoms with Gasteiger partial charge in [0.25, 0.3) is 0 Å². The quantitative estimate of drug-likeness (QED) is 0.121. The second-order valence-electron chi connectivity index (χ2n) is 9.95. The van der Waals surface area contributed by atoms with Gasteiger partial charge in [0, 0.05) is 0 Å². The third kappa shape index (κ3) is 3.35. The van der Waals surface area contributed by atoms with Crippen LogP contribution in [0.1, 0.15) is 0 Å². The Labute approximate surface area is 233 Å². The zero-order valence-electron chi connectivity index (χ0n) is 21.0. The van der Waals surface area contributed by atoms with Gasteiger partial charge in [-0.15, -0.1) is 0 Å². The number of para-hydroxylation sites is 2. The molecule has 2 nitrogen and oxygen atoms in total. The molecule has 0 aliphatic rings. The van der Waals surface area contributed by atoms with E-state index < -0.39 is 5.51 Å². The van der Waals surface area contributed by atoms with E-state index in [0.717, 1.165) is 16.7 Å². The van der Waals surface area contributed by atoms with Gasteiger partial charge in [0.05, 0.1) is 0 Å². The molecule has 8 aromatic rings. The Morgan fingerprint density at radius 1 is 0.513 bits per heavy atom. The van der Waals surface area contributed by atoms with Crippen LogP contribution in [0.5, 0.6) is 0 Å². The van der Waals surface area contributed by atoms with Crippen LogP contribution in [0.4, 0.5) is 0 Å². The first-order valence-electron chi connectivity index (χ1n) is 13.1. The maximum atomic E-state index is 5.13. The molecule has 0 atom stereocenters. The summed E-state index contributed by atoms with van der Waals surface area (Å²) in [5.41, 5.74) is 2.37. The van der Waals surface area contributed by atoms with Gasteiger partial charge in [-0.1, -0.05) is 0 Å². The van der Waals surface area contributed by atoms with Crippen LogP contribution in [0.15, 0.2) is 140 Å². The molecule has 0 bridgehead atoms. The first-order valence-corrected chi connectivity index (χ1v) is 17.1. The van der Waals surface area contributed by atoms with Gasteiger partial charge in [-0.3, -0.25) is 0 Å². The number of imidazole rings is 1. The number of nitrogens with zero attached hydrogens (tertiary/aromatic N) is 2. The number of benzene rings is 6. The van der Waals surface area contributed by atoms with E-state index in [1.54, 1.807) is 0 Å². The molecule has 39 heavy (non-hydrogen) atoms. The standard InChI is InChI=1S/C35H23N2PSe/c39-38(25-11-3-1-4-12-25,26-13-5-2-6-14-26)27-21-19-24-20-22-29-28-15-7-8-16-30(28)35-36-32-17-9-10-18-33(32)37(35)34(29)31(24)23-27/h1-23H. The molecule has 4 heteroatoms. The van der Waals surface area contributed by atoms with Crippen LogP contribution in [-0.2, 0) is 0 Å². The Hall–Kier alpha value is -4.00. The van der Waals surface area contributed by atoms with Crippen molar-refractivity contribution in [2.45, 2.75) is 0 Å². The van der Waals surface area contributed by atoms with Crippen molar-refractivity contribution >= 4 is 85.6 Å². The summed E-state index contributed by atoms with van der Waals surface area (Å²) in [5, 5.41) is 10.1. The van der Waals surface area contributed by atoms with E-state index >= 15 is 0 Å². The molecule has 0 fully saturated rings. The first kappa shape index (κ1) is 22.9. The van der Waals surface area contributed by atoms with Gasteiger partial charge in [0.15, 0.2) is 0 Å². The topological polar surface area (TPSA) is 17.3 Å². The number of rotatable bonds is 3. The predicted molar refractivity (Wildman–Crippen MR) is 170 cm³/mol. The van der Waals surface area contributed by atoms with E-state index in [2.05, 4.69) is 159 Å². The van der Waals surface area contributed by atoms with Gasteiger partial charge in [-0.2, -0.15) is 0 Å². The van der Waals surface area contributed by atoms with Crippen LogP contribution < -0.4 is 15.9 Å². The Kier molecular flexibility index (Phi) is 5.15. The molecule has 0 N–H and O–H groups in total. The van der Waals surface area contributed by atoms with E-state index in [1.807, 2.05) is 0 Å². The minimum absolute atomic E-state index is 1.01. The molecule has 6 aromatic carbocycles. The van der Waals surface area contributed by atoms with Gasteiger partial charge < -0.3 is 0 Å². The Bertz CT molecular complexity index is 2210. The summed E-state index contributed by atoms with van der Waals surface area (Å²) in [6.07, 6.45) is 0. The number of hydrogen-bond acceptors (Lipinski definition) is 1. The molecule has 0 saturated carbocycles. The van der Waals surface area contributed by atoms with Crippen molar-refractivity contribution in [1.29, 1.82) is 0 Å². The van der Waals surface area contributed by atoms with Crippen molar-refractivity contribution in [2.24, 2.45) is 0 Å². The van der Waals surface area contributed by atoms with Crippen LogP contribution in [0, 0.1) is 0 Å². The third-order valence-corrected chi connectivity index (χ3v) is 14.9. The molecule has 0 amide bonds. The van der Waals surface area contributed by atoms with Crippen LogP contribution in [0.25, 0.3) is 49.1 Å². The molecule has 8 rings (SSSR count). The monoisotopic (exact) mass is 582 g/mol. The number of hydrogen-bond donors (Lipinski definition) is 0. The molecule has 0 spiro atoms. The summed E-state index contributed by atoms with van der Waals surface area (Å²) in [6, 6.07) is 50.6. The van der Waals surface area contributed by atoms with Crippen molar-refractivity contribution in [3.63, 3.8) is 0 Å². The zero-order chi connectivity index (χ0) is 26.0. The molecule has 0 aliphatic heterocycles. The van der Waals surface area contributed by atoms with Crippen molar-refractivity contribution in [3.8, 4) is 0 Å². The van der Waals surface area contributed by atoms with Gasteiger partial charge in [0.2, 0.25) is 0 Å². The number of fused-ring (bicyclic) bond motifs is 10.